The highest BCUT2D eigenvalue weighted by Gasteiger charge is 2.19. The van der Waals surface area contributed by atoms with Crippen molar-refractivity contribution in [2.24, 2.45) is 0 Å². The summed E-state index contributed by atoms with van der Waals surface area (Å²) >= 11 is 0. The lowest BCUT2D eigenvalue weighted by Crippen LogP contribution is -2.15. The van der Waals surface area contributed by atoms with E-state index in [-0.39, 0.29) is 10.7 Å². The molecule has 0 aliphatic carbocycles. The number of pyridine rings is 2. The Kier molecular flexibility index (Phi) is 5.79. The molecular formula is C20H22N4O3S. The minimum Gasteiger partial charge on any atom is -0.496 e. The van der Waals surface area contributed by atoms with Crippen LogP contribution in [0.15, 0.2) is 59.9 Å². The number of nitrogens with zero attached hydrogens (tertiary/aromatic N) is 2. The molecule has 3 rings (SSSR count). The predicted molar refractivity (Wildman–Crippen MR) is 109 cm³/mol. The number of rotatable bonds is 7. The van der Waals surface area contributed by atoms with Crippen molar-refractivity contribution in [2.75, 3.05) is 17.1 Å². The van der Waals surface area contributed by atoms with Crippen LogP contribution in [0.3, 0.4) is 0 Å². The second-order valence-electron chi connectivity index (χ2n) is 6.34. The van der Waals surface area contributed by atoms with Crippen LogP contribution in [0.5, 0.6) is 5.75 Å². The second-order valence-corrected chi connectivity index (χ2v) is 7.99. The van der Waals surface area contributed by atoms with Crippen molar-refractivity contribution >= 4 is 21.5 Å². The average Bonchev–Trinajstić information content (AvgIpc) is 2.69. The van der Waals surface area contributed by atoms with E-state index in [0.29, 0.717) is 17.9 Å². The summed E-state index contributed by atoms with van der Waals surface area (Å²) in [6, 6.07) is 10.5. The van der Waals surface area contributed by atoms with Crippen LogP contribution in [0.1, 0.15) is 16.7 Å². The fourth-order valence-corrected chi connectivity index (χ4v) is 4.05. The third kappa shape index (κ3) is 4.58. The van der Waals surface area contributed by atoms with Gasteiger partial charge in [-0.25, -0.2) is 13.4 Å². The van der Waals surface area contributed by atoms with Gasteiger partial charge in [-0.1, -0.05) is 6.07 Å². The van der Waals surface area contributed by atoms with Crippen molar-refractivity contribution in [2.45, 2.75) is 25.3 Å². The SMILES string of the molecule is COc1cc(C)c(S(=O)(=O)Nc2ccc(NCc3cccnc3)cn2)cc1C. The van der Waals surface area contributed by atoms with Crippen molar-refractivity contribution in [1.82, 2.24) is 9.97 Å². The number of aromatic nitrogens is 2. The molecule has 0 spiro atoms. The summed E-state index contributed by atoms with van der Waals surface area (Å²) in [5.74, 6) is 0.901. The number of hydrogen-bond donors (Lipinski definition) is 2. The lowest BCUT2D eigenvalue weighted by Gasteiger charge is -2.13. The van der Waals surface area contributed by atoms with E-state index in [9.17, 15) is 8.42 Å². The molecule has 0 bridgehead atoms. The smallest absolute Gasteiger partial charge is 0.263 e. The summed E-state index contributed by atoms with van der Waals surface area (Å²) in [7, 11) is -2.20. The van der Waals surface area contributed by atoms with Gasteiger partial charge in [0.25, 0.3) is 10.0 Å². The zero-order valence-electron chi connectivity index (χ0n) is 15.9. The van der Waals surface area contributed by atoms with Crippen LogP contribution in [-0.4, -0.2) is 25.5 Å². The van der Waals surface area contributed by atoms with Gasteiger partial charge in [-0.2, -0.15) is 0 Å². The molecule has 2 N–H and O–H groups in total. The molecule has 1 aromatic carbocycles. The van der Waals surface area contributed by atoms with E-state index < -0.39 is 10.0 Å². The number of methoxy groups -OCH3 is 1. The number of hydrogen-bond acceptors (Lipinski definition) is 6. The highest BCUT2D eigenvalue weighted by Crippen LogP contribution is 2.27. The molecule has 2 aromatic heterocycles. The largest absolute Gasteiger partial charge is 0.496 e. The number of sulfonamides is 1. The molecular weight excluding hydrogens is 376 g/mol. The van der Waals surface area contributed by atoms with E-state index in [0.717, 1.165) is 16.8 Å². The van der Waals surface area contributed by atoms with E-state index >= 15 is 0 Å². The first-order chi connectivity index (χ1) is 13.4. The molecule has 8 heteroatoms. The van der Waals surface area contributed by atoms with Crippen molar-refractivity contribution in [3.63, 3.8) is 0 Å². The lowest BCUT2D eigenvalue weighted by atomic mass is 10.1. The number of anilines is 2. The van der Waals surface area contributed by atoms with Gasteiger partial charge >= 0.3 is 0 Å². The minimum absolute atomic E-state index is 0.200. The molecule has 0 radical (unpaired) electrons. The number of benzene rings is 1. The van der Waals surface area contributed by atoms with Crippen molar-refractivity contribution in [1.29, 1.82) is 0 Å². The highest BCUT2D eigenvalue weighted by molar-refractivity contribution is 7.92. The topological polar surface area (TPSA) is 93.2 Å². The normalized spacial score (nSPS) is 11.1. The number of nitrogens with one attached hydrogen (secondary N) is 2. The average molecular weight is 398 g/mol. The van der Waals surface area contributed by atoms with Crippen LogP contribution in [0.25, 0.3) is 0 Å². The molecule has 0 atom stereocenters. The summed E-state index contributed by atoms with van der Waals surface area (Å²) in [6.45, 7) is 4.14. The molecule has 146 valence electrons. The third-order valence-corrected chi connectivity index (χ3v) is 5.70. The summed E-state index contributed by atoms with van der Waals surface area (Å²) in [6.07, 6.45) is 5.08. The second kappa shape index (κ2) is 8.26. The van der Waals surface area contributed by atoms with Gasteiger partial charge in [0.15, 0.2) is 0 Å². The molecule has 3 aromatic rings. The van der Waals surface area contributed by atoms with Crippen LogP contribution < -0.4 is 14.8 Å². The molecule has 2 heterocycles. The molecule has 0 fully saturated rings. The Balaban J connectivity index is 1.72. The lowest BCUT2D eigenvalue weighted by molar-refractivity contribution is 0.411. The summed E-state index contributed by atoms with van der Waals surface area (Å²) < 4.78 is 33.3. The fraction of sp³-hybridized carbons (Fsp3) is 0.200. The first kappa shape index (κ1) is 19.6. The Labute approximate surface area is 164 Å². The van der Waals surface area contributed by atoms with Gasteiger partial charge in [-0.15, -0.1) is 0 Å². The van der Waals surface area contributed by atoms with E-state index in [1.54, 1.807) is 63.8 Å². The van der Waals surface area contributed by atoms with Crippen molar-refractivity contribution in [3.8, 4) is 5.75 Å². The Hall–Kier alpha value is -3.13. The van der Waals surface area contributed by atoms with Crippen LogP contribution in [0.4, 0.5) is 11.5 Å². The van der Waals surface area contributed by atoms with Crippen LogP contribution in [0.2, 0.25) is 0 Å². The van der Waals surface area contributed by atoms with E-state index in [2.05, 4.69) is 20.0 Å². The zero-order valence-corrected chi connectivity index (χ0v) is 16.7. The van der Waals surface area contributed by atoms with Gasteiger partial charge in [0, 0.05) is 18.9 Å². The van der Waals surface area contributed by atoms with E-state index in [1.165, 1.54) is 0 Å². The maximum absolute atomic E-state index is 12.8. The molecule has 0 unspecified atom stereocenters. The first-order valence-corrected chi connectivity index (χ1v) is 10.1. The molecule has 0 aliphatic rings. The molecule has 28 heavy (non-hydrogen) atoms. The van der Waals surface area contributed by atoms with Gasteiger partial charge in [-0.3, -0.25) is 9.71 Å². The zero-order chi connectivity index (χ0) is 20.1. The van der Waals surface area contributed by atoms with Crippen molar-refractivity contribution in [3.05, 3.63) is 71.7 Å². The quantitative estimate of drug-likeness (QED) is 0.633. The van der Waals surface area contributed by atoms with Crippen LogP contribution in [-0.2, 0) is 16.6 Å². The Morgan fingerprint density at radius 3 is 2.54 bits per heavy atom. The van der Waals surface area contributed by atoms with Crippen molar-refractivity contribution < 1.29 is 13.2 Å². The molecule has 0 amide bonds. The summed E-state index contributed by atoms with van der Waals surface area (Å²) in [5, 5.41) is 3.22. The standard InChI is InChI=1S/C20H22N4O3S/c1-14-10-19(15(2)9-18(14)27-3)28(25,26)24-20-7-6-17(13-23-20)22-12-16-5-4-8-21-11-16/h4-11,13,22H,12H2,1-3H3,(H,23,24). The minimum atomic E-state index is -3.76. The predicted octanol–water partition coefficient (Wildman–Crippen LogP) is 3.51. The monoisotopic (exact) mass is 398 g/mol. The number of ether oxygens (including phenoxy) is 1. The molecule has 0 aliphatic heterocycles. The van der Waals surface area contributed by atoms with E-state index in [1.807, 2.05) is 12.1 Å². The van der Waals surface area contributed by atoms with Crippen LogP contribution in [0, 0.1) is 13.8 Å². The highest BCUT2D eigenvalue weighted by atomic mass is 32.2. The molecule has 7 nitrogen and oxygen atoms in total. The summed E-state index contributed by atoms with van der Waals surface area (Å²) in [5.41, 5.74) is 3.17. The van der Waals surface area contributed by atoms with Crippen LogP contribution >= 0.6 is 0 Å². The van der Waals surface area contributed by atoms with Gasteiger partial charge in [-0.05, 0) is 60.9 Å². The Bertz CT molecular complexity index is 1050. The maximum Gasteiger partial charge on any atom is 0.263 e. The third-order valence-electron chi connectivity index (χ3n) is 4.20. The Morgan fingerprint density at radius 2 is 1.89 bits per heavy atom. The van der Waals surface area contributed by atoms with Gasteiger partial charge < -0.3 is 10.1 Å². The maximum atomic E-state index is 12.8. The molecule has 0 saturated heterocycles. The fourth-order valence-electron chi connectivity index (χ4n) is 2.73. The summed E-state index contributed by atoms with van der Waals surface area (Å²) in [4.78, 5) is 8.46. The van der Waals surface area contributed by atoms with Gasteiger partial charge in [0.05, 0.1) is 23.9 Å². The van der Waals surface area contributed by atoms with Gasteiger partial charge in [0.1, 0.15) is 11.6 Å². The Morgan fingerprint density at radius 1 is 1.07 bits per heavy atom. The molecule has 0 saturated carbocycles. The van der Waals surface area contributed by atoms with Gasteiger partial charge in [0.2, 0.25) is 0 Å². The number of aryl methyl sites for hydroxylation is 2. The first-order valence-electron chi connectivity index (χ1n) is 8.66. The van der Waals surface area contributed by atoms with E-state index in [4.69, 9.17) is 4.74 Å².